The number of nitrogens with one attached hydrogen (secondary N) is 2. The van der Waals surface area contributed by atoms with E-state index in [9.17, 15) is 0 Å². The molecule has 1 aromatic carbocycles. The Balaban J connectivity index is 1.54. The Kier molecular flexibility index (Phi) is 7.65. The molecule has 176 valence electrons. The lowest BCUT2D eigenvalue weighted by atomic mass is 9.92. The number of benzene rings is 1. The van der Waals surface area contributed by atoms with Gasteiger partial charge < -0.3 is 25.3 Å². The van der Waals surface area contributed by atoms with Crippen LogP contribution in [0.5, 0.6) is 0 Å². The summed E-state index contributed by atoms with van der Waals surface area (Å²) in [7, 11) is 0. The predicted molar refractivity (Wildman–Crippen MR) is 142 cm³/mol. The zero-order valence-electron chi connectivity index (χ0n) is 19.7. The molecule has 4 rings (SSSR count). The molecule has 1 aromatic heterocycles. The van der Waals surface area contributed by atoms with Crippen LogP contribution in [-0.4, -0.2) is 60.9 Å². The van der Waals surface area contributed by atoms with E-state index in [2.05, 4.69) is 82.2 Å². The topological polar surface area (TPSA) is 59.6 Å². The molecule has 2 fully saturated rings. The molecular weight excluding hydrogens is 430 g/mol. The lowest BCUT2D eigenvalue weighted by Crippen LogP contribution is -2.47. The molecule has 0 aliphatic carbocycles. The summed E-state index contributed by atoms with van der Waals surface area (Å²) in [6.45, 7) is 14.8. The standard InChI is InChI=1S/C25H35N7S/c1-4-10-26-25(33)29-24-27-22(16-23(28-24)32-17-19(2)15-20(3)18-32)31-13-11-30(12-14-31)21-8-6-5-7-9-21/h4-9,16,19-20H,1,10-15,17-18H2,2-3H3,(H2,26,27,28,29,33). The normalized spacial score (nSPS) is 21.0. The van der Waals surface area contributed by atoms with E-state index in [-0.39, 0.29) is 0 Å². The first-order chi connectivity index (χ1) is 16.0. The maximum Gasteiger partial charge on any atom is 0.232 e. The van der Waals surface area contributed by atoms with Gasteiger partial charge in [0.2, 0.25) is 5.95 Å². The van der Waals surface area contributed by atoms with Gasteiger partial charge in [0.15, 0.2) is 5.11 Å². The van der Waals surface area contributed by atoms with E-state index < -0.39 is 0 Å². The highest BCUT2D eigenvalue weighted by molar-refractivity contribution is 7.80. The monoisotopic (exact) mass is 465 g/mol. The number of para-hydroxylation sites is 1. The highest BCUT2D eigenvalue weighted by Crippen LogP contribution is 2.29. The third kappa shape index (κ3) is 6.13. The Morgan fingerprint density at radius 1 is 1.00 bits per heavy atom. The lowest BCUT2D eigenvalue weighted by molar-refractivity contribution is 0.355. The second-order valence-electron chi connectivity index (χ2n) is 9.19. The van der Waals surface area contributed by atoms with Gasteiger partial charge in [-0.05, 0) is 42.6 Å². The fraction of sp³-hybridized carbons (Fsp3) is 0.480. The van der Waals surface area contributed by atoms with Gasteiger partial charge in [0, 0.05) is 57.6 Å². The first kappa shape index (κ1) is 23.3. The van der Waals surface area contributed by atoms with Crippen LogP contribution in [0, 0.1) is 11.8 Å². The largest absolute Gasteiger partial charge is 0.368 e. The van der Waals surface area contributed by atoms with Gasteiger partial charge in [-0.3, -0.25) is 0 Å². The van der Waals surface area contributed by atoms with Crippen molar-refractivity contribution in [2.45, 2.75) is 20.3 Å². The van der Waals surface area contributed by atoms with Crippen LogP contribution in [0.3, 0.4) is 0 Å². The van der Waals surface area contributed by atoms with Gasteiger partial charge in [0.25, 0.3) is 0 Å². The molecule has 0 spiro atoms. The zero-order chi connectivity index (χ0) is 23.2. The van der Waals surface area contributed by atoms with E-state index in [1.165, 1.54) is 12.1 Å². The van der Waals surface area contributed by atoms with Gasteiger partial charge in [-0.2, -0.15) is 9.97 Å². The number of hydrogen-bond donors (Lipinski definition) is 2. The quantitative estimate of drug-likeness (QED) is 0.494. The molecule has 3 heterocycles. The van der Waals surface area contributed by atoms with Gasteiger partial charge in [-0.15, -0.1) is 6.58 Å². The second kappa shape index (κ2) is 10.8. The van der Waals surface area contributed by atoms with Crippen LogP contribution in [0.4, 0.5) is 23.3 Å². The van der Waals surface area contributed by atoms with Crippen molar-refractivity contribution < 1.29 is 0 Å². The number of aromatic nitrogens is 2. The van der Waals surface area contributed by atoms with Crippen LogP contribution < -0.4 is 25.3 Å². The van der Waals surface area contributed by atoms with Crippen molar-refractivity contribution in [3.8, 4) is 0 Å². The summed E-state index contributed by atoms with van der Waals surface area (Å²) in [6, 6.07) is 12.8. The SMILES string of the molecule is C=CCNC(=S)Nc1nc(N2CCN(c3ccccc3)CC2)cc(N2CC(C)CC(C)C2)n1. The molecule has 2 aliphatic rings. The molecule has 0 radical (unpaired) electrons. The fourth-order valence-electron chi connectivity index (χ4n) is 4.80. The lowest BCUT2D eigenvalue weighted by Gasteiger charge is -2.38. The van der Waals surface area contributed by atoms with Crippen LogP contribution >= 0.6 is 12.2 Å². The van der Waals surface area contributed by atoms with Gasteiger partial charge in [-0.1, -0.05) is 38.1 Å². The molecule has 8 heteroatoms. The molecular formula is C25H35N7S. The summed E-state index contributed by atoms with van der Waals surface area (Å²) in [4.78, 5) is 16.9. The van der Waals surface area contributed by atoms with Crippen molar-refractivity contribution in [1.29, 1.82) is 0 Å². The molecule has 0 amide bonds. The van der Waals surface area contributed by atoms with Crippen molar-refractivity contribution in [3.63, 3.8) is 0 Å². The van der Waals surface area contributed by atoms with Crippen LogP contribution in [0.1, 0.15) is 20.3 Å². The Hall–Kier alpha value is -2.87. The zero-order valence-corrected chi connectivity index (χ0v) is 20.5. The molecule has 2 aromatic rings. The summed E-state index contributed by atoms with van der Waals surface area (Å²) in [5.41, 5.74) is 1.28. The number of thiocarbonyl (C=S) groups is 1. The minimum atomic E-state index is 0.507. The van der Waals surface area contributed by atoms with Gasteiger partial charge in [0.05, 0.1) is 0 Å². The van der Waals surface area contributed by atoms with E-state index in [1.807, 2.05) is 0 Å². The molecule has 33 heavy (non-hydrogen) atoms. The molecule has 0 saturated carbocycles. The Morgan fingerprint density at radius 2 is 1.61 bits per heavy atom. The molecule has 2 atom stereocenters. The smallest absolute Gasteiger partial charge is 0.232 e. The Labute approximate surface area is 202 Å². The summed E-state index contributed by atoms with van der Waals surface area (Å²) >= 11 is 5.42. The minimum absolute atomic E-state index is 0.507. The van der Waals surface area contributed by atoms with Gasteiger partial charge >= 0.3 is 0 Å². The minimum Gasteiger partial charge on any atom is -0.368 e. The Morgan fingerprint density at radius 3 is 2.24 bits per heavy atom. The average Bonchev–Trinajstić information content (AvgIpc) is 2.82. The van der Waals surface area contributed by atoms with E-state index >= 15 is 0 Å². The first-order valence-corrected chi connectivity index (χ1v) is 12.3. The summed E-state index contributed by atoms with van der Waals surface area (Å²) in [5, 5.41) is 6.79. The van der Waals surface area contributed by atoms with E-state index in [1.54, 1.807) is 6.08 Å². The Bertz CT molecular complexity index is 933. The number of anilines is 4. The molecule has 0 bridgehead atoms. The van der Waals surface area contributed by atoms with Crippen LogP contribution in [0.25, 0.3) is 0 Å². The highest BCUT2D eigenvalue weighted by Gasteiger charge is 2.25. The van der Waals surface area contributed by atoms with Crippen LogP contribution in [-0.2, 0) is 0 Å². The van der Waals surface area contributed by atoms with E-state index in [0.29, 0.717) is 29.4 Å². The number of rotatable bonds is 6. The fourth-order valence-corrected chi connectivity index (χ4v) is 4.97. The van der Waals surface area contributed by atoms with Crippen molar-refractivity contribution in [1.82, 2.24) is 15.3 Å². The molecule has 2 saturated heterocycles. The molecule has 7 nitrogen and oxygen atoms in total. The molecule has 2 aliphatic heterocycles. The van der Waals surface area contributed by atoms with Crippen LogP contribution in [0.15, 0.2) is 49.1 Å². The highest BCUT2D eigenvalue weighted by atomic mass is 32.1. The number of piperidine rings is 1. The maximum absolute atomic E-state index is 5.42. The third-order valence-electron chi connectivity index (χ3n) is 6.25. The molecule has 2 N–H and O–H groups in total. The summed E-state index contributed by atoms with van der Waals surface area (Å²) in [5.74, 6) is 3.76. The molecule has 2 unspecified atom stereocenters. The maximum atomic E-state index is 5.42. The van der Waals surface area contributed by atoms with Crippen molar-refractivity contribution in [2.75, 3.05) is 65.8 Å². The van der Waals surface area contributed by atoms with Crippen molar-refractivity contribution in [3.05, 3.63) is 49.1 Å². The van der Waals surface area contributed by atoms with Crippen molar-refractivity contribution in [2.24, 2.45) is 11.8 Å². The first-order valence-electron chi connectivity index (χ1n) is 11.9. The number of hydrogen-bond acceptors (Lipinski definition) is 6. The van der Waals surface area contributed by atoms with Crippen molar-refractivity contribution >= 4 is 40.6 Å². The van der Waals surface area contributed by atoms with Gasteiger partial charge in [-0.25, -0.2) is 0 Å². The second-order valence-corrected chi connectivity index (χ2v) is 9.60. The van der Waals surface area contributed by atoms with E-state index in [0.717, 1.165) is 50.9 Å². The third-order valence-corrected chi connectivity index (χ3v) is 6.50. The summed E-state index contributed by atoms with van der Waals surface area (Å²) < 4.78 is 0. The van der Waals surface area contributed by atoms with Crippen LogP contribution in [0.2, 0.25) is 0 Å². The average molecular weight is 466 g/mol. The number of piperazine rings is 1. The summed E-state index contributed by atoms with van der Waals surface area (Å²) in [6.07, 6.45) is 3.04. The van der Waals surface area contributed by atoms with E-state index in [4.69, 9.17) is 22.2 Å². The predicted octanol–water partition coefficient (Wildman–Crippen LogP) is 3.76. The number of nitrogens with zero attached hydrogens (tertiary/aromatic N) is 5. The van der Waals surface area contributed by atoms with Gasteiger partial charge in [0.1, 0.15) is 11.6 Å².